The van der Waals surface area contributed by atoms with Crippen molar-refractivity contribution in [3.8, 4) is 11.5 Å². The Bertz CT molecular complexity index is 849. The molecule has 0 spiro atoms. The van der Waals surface area contributed by atoms with E-state index in [0.29, 0.717) is 0 Å². The molecule has 2 aliphatic rings. The van der Waals surface area contributed by atoms with Gasteiger partial charge in [-0.2, -0.15) is 0 Å². The molecule has 29 heavy (non-hydrogen) atoms. The number of nitrogens with zero attached hydrogens (tertiary/aromatic N) is 2. The highest BCUT2D eigenvalue weighted by molar-refractivity contribution is 5.47. The van der Waals surface area contributed by atoms with Gasteiger partial charge in [0.2, 0.25) is 0 Å². The van der Waals surface area contributed by atoms with Crippen LogP contribution in [0.3, 0.4) is 0 Å². The molecule has 0 unspecified atom stereocenters. The summed E-state index contributed by atoms with van der Waals surface area (Å²) in [7, 11) is 1.67. The average Bonchev–Trinajstić information content (AvgIpc) is 3.08. The van der Waals surface area contributed by atoms with Gasteiger partial charge in [0.15, 0.2) is 11.5 Å². The molecule has 6 heteroatoms. The normalized spacial score (nSPS) is 25.6. The molecule has 3 atom stereocenters. The summed E-state index contributed by atoms with van der Waals surface area (Å²) >= 11 is 0. The number of hydrogen-bond donors (Lipinski definition) is 2. The molecule has 2 aromatic rings. The highest BCUT2D eigenvalue weighted by Crippen LogP contribution is 2.44. The number of aliphatic hydroxyl groups is 1. The molecule has 1 aromatic heterocycles. The molecule has 0 bridgehead atoms. The maximum absolute atomic E-state index is 10.4. The Kier molecular flexibility index (Phi) is 5.40. The summed E-state index contributed by atoms with van der Waals surface area (Å²) < 4.78 is 11.8. The number of pyridine rings is 1. The number of anilines is 1. The molecular weight excluding hydrogens is 366 g/mol. The minimum Gasteiger partial charge on any atom is -0.493 e. The molecule has 2 saturated heterocycles. The molecule has 6 nitrogen and oxygen atoms in total. The number of benzene rings is 1. The molecule has 0 saturated carbocycles. The molecule has 4 rings (SSSR count). The quantitative estimate of drug-likeness (QED) is 0.781. The van der Waals surface area contributed by atoms with Crippen LogP contribution in [0.1, 0.15) is 30.9 Å². The molecule has 0 radical (unpaired) electrons. The fraction of sp³-hybridized carbons (Fsp3) is 0.522. The minimum atomic E-state index is -0.392. The Labute approximate surface area is 172 Å². The molecule has 156 valence electrons. The van der Waals surface area contributed by atoms with Crippen molar-refractivity contribution < 1.29 is 14.6 Å². The van der Waals surface area contributed by atoms with E-state index in [4.69, 9.17) is 9.47 Å². The van der Waals surface area contributed by atoms with Gasteiger partial charge in [-0.25, -0.2) is 4.98 Å². The van der Waals surface area contributed by atoms with Gasteiger partial charge in [-0.15, -0.1) is 0 Å². The molecule has 1 aromatic carbocycles. The lowest BCUT2D eigenvalue weighted by Crippen LogP contribution is -2.54. The van der Waals surface area contributed by atoms with E-state index in [-0.39, 0.29) is 17.4 Å². The first-order valence-corrected chi connectivity index (χ1v) is 10.3. The van der Waals surface area contributed by atoms with Gasteiger partial charge in [0.1, 0.15) is 11.9 Å². The maximum Gasteiger partial charge on any atom is 0.162 e. The van der Waals surface area contributed by atoms with E-state index in [9.17, 15) is 5.11 Å². The number of aryl methyl sites for hydroxylation is 1. The first kappa shape index (κ1) is 20.0. The maximum atomic E-state index is 10.4. The average molecular weight is 398 g/mol. The third-order valence-corrected chi connectivity index (χ3v) is 6.56. The van der Waals surface area contributed by atoms with Crippen LogP contribution in [0.4, 0.5) is 5.82 Å². The number of hydrogen-bond acceptors (Lipinski definition) is 6. The molecule has 2 N–H and O–H groups in total. The van der Waals surface area contributed by atoms with Crippen LogP contribution in [0.15, 0.2) is 36.5 Å². The molecule has 2 aliphatic heterocycles. The Balaban J connectivity index is 1.48. The first-order valence-electron chi connectivity index (χ1n) is 10.3. The third kappa shape index (κ3) is 3.79. The second-order valence-corrected chi connectivity index (χ2v) is 8.61. The number of aliphatic hydroxyl groups excluding tert-OH is 1. The van der Waals surface area contributed by atoms with Crippen LogP contribution < -0.4 is 19.7 Å². The van der Waals surface area contributed by atoms with Crippen LogP contribution >= 0.6 is 0 Å². The van der Waals surface area contributed by atoms with E-state index >= 15 is 0 Å². The second kappa shape index (κ2) is 7.84. The topological polar surface area (TPSA) is 66.8 Å². The van der Waals surface area contributed by atoms with Crippen molar-refractivity contribution in [3.05, 3.63) is 47.7 Å². The van der Waals surface area contributed by atoms with Crippen molar-refractivity contribution in [2.75, 3.05) is 38.2 Å². The zero-order valence-corrected chi connectivity index (χ0v) is 17.7. The Morgan fingerprint density at radius 3 is 2.69 bits per heavy atom. The minimum absolute atomic E-state index is 0.104. The van der Waals surface area contributed by atoms with Crippen molar-refractivity contribution in [1.29, 1.82) is 0 Å². The largest absolute Gasteiger partial charge is 0.493 e. The van der Waals surface area contributed by atoms with Crippen LogP contribution in [0.5, 0.6) is 11.5 Å². The Morgan fingerprint density at radius 2 is 2.03 bits per heavy atom. The number of nitrogens with one attached hydrogen (secondary N) is 1. The number of aromatic nitrogens is 1. The predicted molar refractivity (Wildman–Crippen MR) is 114 cm³/mol. The molecule has 0 aliphatic carbocycles. The van der Waals surface area contributed by atoms with Gasteiger partial charge in [-0.3, -0.25) is 0 Å². The molecule has 3 heterocycles. The predicted octanol–water partition coefficient (Wildman–Crippen LogP) is 2.74. The van der Waals surface area contributed by atoms with Gasteiger partial charge >= 0.3 is 0 Å². The van der Waals surface area contributed by atoms with E-state index in [0.717, 1.165) is 49.1 Å². The summed E-state index contributed by atoms with van der Waals surface area (Å²) in [5.74, 6) is 2.73. The summed E-state index contributed by atoms with van der Waals surface area (Å²) in [4.78, 5) is 6.70. The van der Waals surface area contributed by atoms with Crippen molar-refractivity contribution in [2.45, 2.75) is 38.9 Å². The lowest BCUT2D eigenvalue weighted by Gasteiger charge is -2.40. The lowest BCUT2D eigenvalue weighted by molar-refractivity contribution is 0.0548. The van der Waals surface area contributed by atoms with E-state index in [1.807, 2.05) is 26.1 Å². The van der Waals surface area contributed by atoms with Gasteiger partial charge in [-0.1, -0.05) is 19.1 Å². The van der Waals surface area contributed by atoms with E-state index in [2.05, 4.69) is 46.4 Å². The first-order chi connectivity index (χ1) is 13.9. The van der Waals surface area contributed by atoms with Gasteiger partial charge in [0, 0.05) is 30.6 Å². The standard InChI is InChI=1S/C23H31N3O3/c1-15-5-8-22(25-10-15)26-12-18(13-26)29-21-9-17(6-7-20(21)28-4)19-11-24-14-23(19,3)16(2)27/h5-10,16,18-19,24,27H,11-14H2,1-4H3/t16-,19+,23+/m1/s1. The van der Waals surface area contributed by atoms with Gasteiger partial charge < -0.3 is 24.8 Å². The summed E-state index contributed by atoms with van der Waals surface area (Å²) in [5, 5.41) is 13.8. The lowest BCUT2D eigenvalue weighted by atomic mass is 9.72. The van der Waals surface area contributed by atoms with Crippen molar-refractivity contribution in [1.82, 2.24) is 10.3 Å². The third-order valence-electron chi connectivity index (χ3n) is 6.56. The zero-order valence-electron chi connectivity index (χ0n) is 17.7. The number of ether oxygens (including phenoxy) is 2. The second-order valence-electron chi connectivity index (χ2n) is 8.61. The SMILES string of the molecule is COc1ccc([C@@H]2CNC[C@@]2(C)[C@@H](C)O)cc1OC1CN(c2ccc(C)cn2)C1. The van der Waals surface area contributed by atoms with Gasteiger partial charge in [0.05, 0.1) is 26.3 Å². The monoisotopic (exact) mass is 397 g/mol. The Hall–Kier alpha value is -2.31. The van der Waals surface area contributed by atoms with Crippen molar-refractivity contribution in [3.63, 3.8) is 0 Å². The van der Waals surface area contributed by atoms with E-state index in [1.54, 1.807) is 7.11 Å². The summed E-state index contributed by atoms with van der Waals surface area (Å²) in [6.07, 6.45) is 1.61. The van der Waals surface area contributed by atoms with Gasteiger partial charge in [0.25, 0.3) is 0 Å². The smallest absolute Gasteiger partial charge is 0.162 e. The molecule has 0 amide bonds. The summed E-state index contributed by atoms with van der Waals surface area (Å²) in [6, 6.07) is 10.3. The van der Waals surface area contributed by atoms with Crippen molar-refractivity contribution >= 4 is 5.82 Å². The van der Waals surface area contributed by atoms with Crippen LogP contribution in [0, 0.1) is 12.3 Å². The highest BCUT2D eigenvalue weighted by Gasteiger charge is 2.43. The number of rotatable bonds is 6. The fourth-order valence-corrected chi connectivity index (χ4v) is 4.31. The van der Waals surface area contributed by atoms with Gasteiger partial charge in [-0.05, 0) is 43.2 Å². The summed E-state index contributed by atoms with van der Waals surface area (Å²) in [5.41, 5.74) is 2.13. The highest BCUT2D eigenvalue weighted by atomic mass is 16.5. The van der Waals surface area contributed by atoms with Crippen LogP contribution in [0.2, 0.25) is 0 Å². The van der Waals surface area contributed by atoms with Crippen LogP contribution in [-0.4, -0.2) is 55.6 Å². The van der Waals surface area contributed by atoms with Crippen LogP contribution in [0.25, 0.3) is 0 Å². The van der Waals surface area contributed by atoms with E-state index < -0.39 is 6.10 Å². The summed E-state index contributed by atoms with van der Waals surface area (Å²) in [6.45, 7) is 9.33. The fourth-order valence-electron chi connectivity index (χ4n) is 4.31. The number of methoxy groups -OCH3 is 1. The molecular formula is C23H31N3O3. The Morgan fingerprint density at radius 1 is 1.24 bits per heavy atom. The molecule has 2 fully saturated rings. The zero-order chi connectivity index (χ0) is 20.6. The van der Waals surface area contributed by atoms with Crippen molar-refractivity contribution in [2.24, 2.45) is 5.41 Å². The van der Waals surface area contributed by atoms with E-state index in [1.165, 1.54) is 5.56 Å². The van der Waals surface area contributed by atoms with Crippen LogP contribution in [-0.2, 0) is 0 Å².